The maximum absolute atomic E-state index is 12.5. The summed E-state index contributed by atoms with van der Waals surface area (Å²) in [4.78, 5) is 18.7. The Morgan fingerprint density at radius 2 is 2.28 bits per heavy atom. The molecular formula is C14H19BrN2O. The van der Waals surface area contributed by atoms with Gasteiger partial charge in [-0.2, -0.15) is 0 Å². The predicted octanol–water partition coefficient (Wildman–Crippen LogP) is 3.64. The Bertz CT molecular complexity index is 405. The lowest BCUT2D eigenvalue weighted by Gasteiger charge is -2.29. The van der Waals surface area contributed by atoms with E-state index in [9.17, 15) is 4.79 Å². The molecule has 0 bridgehead atoms. The first-order chi connectivity index (χ1) is 8.72. The zero-order valence-electron chi connectivity index (χ0n) is 10.7. The highest BCUT2D eigenvalue weighted by molar-refractivity contribution is 9.10. The Labute approximate surface area is 117 Å². The summed E-state index contributed by atoms with van der Waals surface area (Å²) in [6, 6.07) is 4.05. The van der Waals surface area contributed by atoms with Crippen molar-refractivity contribution >= 4 is 21.8 Å². The van der Waals surface area contributed by atoms with Gasteiger partial charge in [-0.05, 0) is 47.3 Å². The Balaban J connectivity index is 2.17. The molecule has 4 heteroatoms. The summed E-state index contributed by atoms with van der Waals surface area (Å²) in [6.45, 7) is 3.03. The van der Waals surface area contributed by atoms with Crippen molar-refractivity contribution < 1.29 is 4.79 Å². The van der Waals surface area contributed by atoms with Crippen molar-refractivity contribution in [2.24, 2.45) is 0 Å². The Kier molecular flexibility index (Phi) is 4.75. The summed E-state index contributed by atoms with van der Waals surface area (Å²) in [5.41, 5.74) is 0.554. The molecule has 0 aromatic carbocycles. The van der Waals surface area contributed by atoms with Gasteiger partial charge in [0, 0.05) is 23.3 Å². The van der Waals surface area contributed by atoms with Crippen LogP contribution in [-0.2, 0) is 0 Å². The van der Waals surface area contributed by atoms with Crippen LogP contribution in [0.4, 0.5) is 0 Å². The van der Waals surface area contributed by atoms with Crippen LogP contribution >= 0.6 is 15.9 Å². The molecule has 1 saturated heterocycles. The second-order valence-electron chi connectivity index (χ2n) is 4.77. The zero-order valence-corrected chi connectivity index (χ0v) is 12.3. The van der Waals surface area contributed by atoms with Gasteiger partial charge in [0.25, 0.3) is 5.91 Å². The highest BCUT2D eigenvalue weighted by Crippen LogP contribution is 2.21. The number of hydrogen-bond acceptors (Lipinski definition) is 2. The van der Waals surface area contributed by atoms with E-state index in [1.807, 2.05) is 11.0 Å². The molecule has 1 aromatic rings. The number of rotatable bonds is 2. The Hall–Kier alpha value is -0.900. The lowest BCUT2D eigenvalue weighted by Crippen LogP contribution is -2.40. The summed E-state index contributed by atoms with van der Waals surface area (Å²) in [6.07, 6.45) is 7.41. The normalized spacial score (nSPS) is 20.6. The van der Waals surface area contributed by atoms with Crippen LogP contribution in [0.2, 0.25) is 0 Å². The van der Waals surface area contributed by atoms with Crippen LogP contribution in [0, 0.1) is 0 Å². The molecule has 1 amide bonds. The molecule has 1 aliphatic rings. The summed E-state index contributed by atoms with van der Waals surface area (Å²) in [5, 5.41) is 0. The number of nitrogens with zero attached hydrogens (tertiary/aromatic N) is 2. The minimum absolute atomic E-state index is 0.0799. The molecule has 0 aliphatic carbocycles. The van der Waals surface area contributed by atoms with Crippen LogP contribution in [0.1, 0.15) is 49.5 Å². The van der Waals surface area contributed by atoms with Crippen LogP contribution in [-0.4, -0.2) is 28.4 Å². The van der Waals surface area contributed by atoms with Crippen molar-refractivity contribution in [3.63, 3.8) is 0 Å². The largest absolute Gasteiger partial charge is 0.334 e. The SMILES string of the molecule is CCC1CCCCCN1C(=O)c1ccc(Br)cn1. The van der Waals surface area contributed by atoms with Crippen molar-refractivity contribution in [3.8, 4) is 0 Å². The first-order valence-electron chi connectivity index (χ1n) is 6.65. The van der Waals surface area contributed by atoms with E-state index in [-0.39, 0.29) is 5.91 Å². The first kappa shape index (κ1) is 13.5. The van der Waals surface area contributed by atoms with Crippen LogP contribution in [0.15, 0.2) is 22.8 Å². The van der Waals surface area contributed by atoms with Gasteiger partial charge >= 0.3 is 0 Å². The maximum atomic E-state index is 12.5. The van der Waals surface area contributed by atoms with Gasteiger partial charge in [-0.3, -0.25) is 4.79 Å². The number of aromatic nitrogens is 1. The molecule has 1 fully saturated rings. The molecule has 1 aliphatic heterocycles. The number of likely N-dealkylation sites (tertiary alicyclic amines) is 1. The monoisotopic (exact) mass is 310 g/mol. The van der Waals surface area contributed by atoms with E-state index in [1.165, 1.54) is 12.8 Å². The molecular weight excluding hydrogens is 292 g/mol. The highest BCUT2D eigenvalue weighted by Gasteiger charge is 2.25. The fourth-order valence-corrected chi connectivity index (χ4v) is 2.75. The van der Waals surface area contributed by atoms with Crippen molar-refractivity contribution in [1.29, 1.82) is 0 Å². The second kappa shape index (κ2) is 6.32. The molecule has 2 heterocycles. The summed E-state index contributed by atoms with van der Waals surface area (Å²) < 4.78 is 0.905. The van der Waals surface area contributed by atoms with E-state index in [4.69, 9.17) is 0 Å². The van der Waals surface area contributed by atoms with E-state index >= 15 is 0 Å². The number of carbonyl (C=O) groups is 1. The quantitative estimate of drug-likeness (QED) is 0.835. The minimum atomic E-state index is 0.0799. The number of halogens is 1. The molecule has 2 rings (SSSR count). The molecule has 18 heavy (non-hydrogen) atoms. The molecule has 0 spiro atoms. The third-order valence-electron chi connectivity index (χ3n) is 3.56. The van der Waals surface area contributed by atoms with E-state index in [2.05, 4.69) is 27.8 Å². The predicted molar refractivity (Wildman–Crippen MR) is 75.5 cm³/mol. The van der Waals surface area contributed by atoms with E-state index < -0.39 is 0 Å². The van der Waals surface area contributed by atoms with Crippen LogP contribution in [0.5, 0.6) is 0 Å². The summed E-state index contributed by atoms with van der Waals surface area (Å²) in [7, 11) is 0. The summed E-state index contributed by atoms with van der Waals surface area (Å²) in [5.74, 6) is 0.0799. The van der Waals surface area contributed by atoms with Gasteiger partial charge in [-0.1, -0.05) is 19.8 Å². The van der Waals surface area contributed by atoms with Gasteiger partial charge in [-0.15, -0.1) is 0 Å². The molecule has 1 unspecified atom stereocenters. The van der Waals surface area contributed by atoms with Crippen LogP contribution in [0.25, 0.3) is 0 Å². The molecule has 3 nitrogen and oxygen atoms in total. The molecule has 0 radical (unpaired) electrons. The molecule has 1 aromatic heterocycles. The van der Waals surface area contributed by atoms with Crippen molar-refractivity contribution in [2.75, 3.05) is 6.54 Å². The maximum Gasteiger partial charge on any atom is 0.272 e. The lowest BCUT2D eigenvalue weighted by molar-refractivity contribution is 0.0672. The zero-order chi connectivity index (χ0) is 13.0. The number of pyridine rings is 1. The van der Waals surface area contributed by atoms with Crippen molar-refractivity contribution in [1.82, 2.24) is 9.88 Å². The molecule has 0 saturated carbocycles. The smallest absolute Gasteiger partial charge is 0.272 e. The van der Waals surface area contributed by atoms with Gasteiger partial charge < -0.3 is 4.90 Å². The van der Waals surface area contributed by atoms with Gasteiger partial charge in [0.15, 0.2) is 0 Å². The molecule has 1 atom stereocenters. The average Bonchev–Trinajstić information content (AvgIpc) is 2.63. The number of hydrogen-bond donors (Lipinski definition) is 0. The molecule has 0 N–H and O–H groups in total. The molecule has 98 valence electrons. The van der Waals surface area contributed by atoms with Crippen LogP contribution < -0.4 is 0 Å². The minimum Gasteiger partial charge on any atom is -0.334 e. The number of amides is 1. The third-order valence-corrected chi connectivity index (χ3v) is 4.02. The fourth-order valence-electron chi connectivity index (χ4n) is 2.52. The van der Waals surface area contributed by atoms with E-state index in [1.54, 1.807) is 12.3 Å². The fraction of sp³-hybridized carbons (Fsp3) is 0.571. The number of carbonyl (C=O) groups excluding carboxylic acids is 1. The van der Waals surface area contributed by atoms with E-state index in [0.29, 0.717) is 11.7 Å². The van der Waals surface area contributed by atoms with Gasteiger partial charge in [-0.25, -0.2) is 4.98 Å². The lowest BCUT2D eigenvalue weighted by atomic mass is 10.1. The Morgan fingerprint density at radius 3 is 2.94 bits per heavy atom. The van der Waals surface area contributed by atoms with Gasteiger partial charge in [0.1, 0.15) is 5.69 Å². The van der Waals surface area contributed by atoms with Gasteiger partial charge in [0.05, 0.1) is 0 Å². The second-order valence-corrected chi connectivity index (χ2v) is 5.69. The first-order valence-corrected chi connectivity index (χ1v) is 7.44. The topological polar surface area (TPSA) is 33.2 Å². The standard InChI is InChI=1S/C14H19BrN2O/c1-2-12-6-4-3-5-9-17(12)14(18)13-8-7-11(15)10-16-13/h7-8,10,12H,2-6,9H2,1H3. The van der Waals surface area contributed by atoms with Crippen molar-refractivity contribution in [2.45, 2.75) is 45.1 Å². The highest BCUT2D eigenvalue weighted by atomic mass is 79.9. The average molecular weight is 311 g/mol. The van der Waals surface area contributed by atoms with Crippen molar-refractivity contribution in [3.05, 3.63) is 28.5 Å². The third kappa shape index (κ3) is 3.10. The summed E-state index contributed by atoms with van der Waals surface area (Å²) >= 11 is 3.34. The van der Waals surface area contributed by atoms with Gasteiger partial charge in [0.2, 0.25) is 0 Å². The van der Waals surface area contributed by atoms with E-state index in [0.717, 1.165) is 30.3 Å². The van der Waals surface area contributed by atoms with Crippen LogP contribution in [0.3, 0.4) is 0 Å². The Morgan fingerprint density at radius 1 is 1.44 bits per heavy atom.